The van der Waals surface area contributed by atoms with Crippen molar-refractivity contribution in [3.05, 3.63) is 53.9 Å². The van der Waals surface area contributed by atoms with E-state index in [9.17, 15) is 4.79 Å². The molecular formula is C20H28N4O. The summed E-state index contributed by atoms with van der Waals surface area (Å²) in [6, 6.07) is 10.5. The number of hydrogen-bond acceptors (Lipinski definition) is 3. The van der Waals surface area contributed by atoms with E-state index in [-0.39, 0.29) is 17.4 Å². The first-order valence-corrected chi connectivity index (χ1v) is 9.02. The van der Waals surface area contributed by atoms with E-state index < -0.39 is 0 Å². The molecule has 1 amide bonds. The van der Waals surface area contributed by atoms with Gasteiger partial charge in [-0.25, -0.2) is 0 Å². The van der Waals surface area contributed by atoms with E-state index in [0.29, 0.717) is 0 Å². The molecule has 1 aromatic carbocycles. The Hall–Kier alpha value is -2.14. The Balaban J connectivity index is 1.53. The van der Waals surface area contributed by atoms with Crippen LogP contribution in [-0.4, -0.2) is 33.7 Å². The largest absolute Gasteiger partial charge is 0.349 e. The van der Waals surface area contributed by atoms with Gasteiger partial charge in [-0.05, 0) is 38.4 Å². The quantitative estimate of drug-likeness (QED) is 0.910. The number of benzene rings is 1. The molecule has 0 unspecified atom stereocenters. The van der Waals surface area contributed by atoms with Gasteiger partial charge in [0.2, 0.25) is 5.91 Å². The highest BCUT2D eigenvalue weighted by Gasteiger charge is 2.37. The molecule has 5 nitrogen and oxygen atoms in total. The molecule has 2 heterocycles. The molecule has 25 heavy (non-hydrogen) atoms. The zero-order valence-corrected chi connectivity index (χ0v) is 15.4. The Morgan fingerprint density at radius 3 is 2.56 bits per heavy atom. The van der Waals surface area contributed by atoms with Crippen LogP contribution in [0.1, 0.15) is 43.9 Å². The summed E-state index contributed by atoms with van der Waals surface area (Å²) in [4.78, 5) is 15.3. The standard InChI is InChI=1S/C20H28N4O/c1-16(18-13-21-23(3)15-18)22-19(25)20(2)9-11-24(12-10-20)14-17-7-5-4-6-8-17/h4-8,13,15-16H,9-12,14H2,1-3H3,(H,22,25)/t16-/m0/s1. The van der Waals surface area contributed by atoms with Gasteiger partial charge in [0.05, 0.1) is 12.2 Å². The minimum atomic E-state index is -0.288. The fourth-order valence-electron chi connectivity index (χ4n) is 3.39. The van der Waals surface area contributed by atoms with Crippen LogP contribution in [-0.2, 0) is 18.4 Å². The van der Waals surface area contributed by atoms with Crippen molar-refractivity contribution in [3.63, 3.8) is 0 Å². The van der Waals surface area contributed by atoms with E-state index in [1.807, 2.05) is 32.4 Å². The SMILES string of the molecule is C[C@H](NC(=O)C1(C)CCN(Cc2ccccc2)CC1)c1cnn(C)c1. The van der Waals surface area contributed by atoms with Gasteiger partial charge in [0, 0.05) is 30.8 Å². The molecule has 3 rings (SSSR count). The van der Waals surface area contributed by atoms with Crippen LogP contribution in [0.5, 0.6) is 0 Å². The molecule has 1 N–H and O–H groups in total. The number of rotatable bonds is 5. The zero-order chi connectivity index (χ0) is 17.9. The lowest BCUT2D eigenvalue weighted by atomic mass is 9.79. The first kappa shape index (κ1) is 17.7. The van der Waals surface area contributed by atoms with Gasteiger partial charge in [-0.1, -0.05) is 37.3 Å². The van der Waals surface area contributed by atoms with Crippen LogP contribution in [0.2, 0.25) is 0 Å². The summed E-state index contributed by atoms with van der Waals surface area (Å²) in [6.07, 6.45) is 5.56. The van der Waals surface area contributed by atoms with Gasteiger partial charge in [-0.2, -0.15) is 5.10 Å². The van der Waals surface area contributed by atoms with E-state index >= 15 is 0 Å². The third-order valence-corrected chi connectivity index (χ3v) is 5.33. The molecule has 1 aromatic heterocycles. The van der Waals surface area contributed by atoms with Gasteiger partial charge in [-0.15, -0.1) is 0 Å². The highest BCUT2D eigenvalue weighted by Crippen LogP contribution is 2.32. The van der Waals surface area contributed by atoms with E-state index in [1.165, 1.54) is 5.56 Å². The second-order valence-corrected chi connectivity index (χ2v) is 7.46. The fraction of sp³-hybridized carbons (Fsp3) is 0.500. The topological polar surface area (TPSA) is 50.2 Å². The molecule has 1 aliphatic heterocycles. The maximum absolute atomic E-state index is 12.8. The lowest BCUT2D eigenvalue weighted by Crippen LogP contribution is -2.47. The van der Waals surface area contributed by atoms with Gasteiger partial charge in [0.15, 0.2) is 0 Å². The highest BCUT2D eigenvalue weighted by atomic mass is 16.2. The van der Waals surface area contributed by atoms with Crippen LogP contribution in [0.3, 0.4) is 0 Å². The molecule has 1 atom stereocenters. The van der Waals surface area contributed by atoms with Crippen molar-refractivity contribution in [2.24, 2.45) is 12.5 Å². The van der Waals surface area contributed by atoms with E-state index in [4.69, 9.17) is 0 Å². The molecule has 1 fully saturated rings. The molecular weight excluding hydrogens is 312 g/mol. The molecule has 134 valence electrons. The summed E-state index contributed by atoms with van der Waals surface area (Å²) in [6.45, 7) is 6.99. The number of aryl methyl sites for hydroxylation is 1. The summed E-state index contributed by atoms with van der Waals surface area (Å²) < 4.78 is 1.77. The first-order chi connectivity index (χ1) is 12.0. The van der Waals surface area contributed by atoms with Crippen molar-refractivity contribution in [3.8, 4) is 0 Å². The van der Waals surface area contributed by atoms with Gasteiger partial charge in [0.25, 0.3) is 0 Å². The van der Waals surface area contributed by atoms with Crippen molar-refractivity contribution in [1.82, 2.24) is 20.0 Å². The third-order valence-electron chi connectivity index (χ3n) is 5.33. The number of piperidine rings is 1. The number of aromatic nitrogens is 2. The lowest BCUT2D eigenvalue weighted by Gasteiger charge is -2.38. The van der Waals surface area contributed by atoms with Crippen molar-refractivity contribution in [2.45, 2.75) is 39.3 Å². The molecule has 0 aliphatic carbocycles. The van der Waals surface area contributed by atoms with Crippen LogP contribution in [0.15, 0.2) is 42.7 Å². The molecule has 0 saturated carbocycles. The number of amides is 1. The molecule has 1 saturated heterocycles. The number of nitrogens with zero attached hydrogens (tertiary/aromatic N) is 3. The Kier molecular flexibility index (Phi) is 5.23. The van der Waals surface area contributed by atoms with Crippen LogP contribution < -0.4 is 5.32 Å². The Morgan fingerprint density at radius 1 is 1.28 bits per heavy atom. The summed E-state index contributed by atoms with van der Waals surface area (Å²) >= 11 is 0. The van der Waals surface area contributed by atoms with Crippen molar-refractivity contribution in [1.29, 1.82) is 0 Å². The third kappa shape index (κ3) is 4.28. The number of likely N-dealkylation sites (tertiary alicyclic amines) is 1. The summed E-state index contributed by atoms with van der Waals surface area (Å²) in [5.41, 5.74) is 2.09. The van der Waals surface area contributed by atoms with Crippen LogP contribution >= 0.6 is 0 Å². The van der Waals surface area contributed by atoms with E-state index in [0.717, 1.165) is 38.0 Å². The maximum atomic E-state index is 12.8. The molecule has 1 aliphatic rings. The van der Waals surface area contributed by atoms with Gasteiger partial charge in [0.1, 0.15) is 0 Å². The minimum Gasteiger partial charge on any atom is -0.349 e. The Labute approximate surface area is 150 Å². The molecule has 0 spiro atoms. The van der Waals surface area contributed by atoms with Crippen molar-refractivity contribution < 1.29 is 4.79 Å². The van der Waals surface area contributed by atoms with Gasteiger partial charge in [-0.3, -0.25) is 14.4 Å². The maximum Gasteiger partial charge on any atom is 0.226 e. The molecule has 5 heteroatoms. The van der Waals surface area contributed by atoms with Crippen molar-refractivity contribution >= 4 is 5.91 Å². The normalized spacial score (nSPS) is 18.7. The molecule has 0 bridgehead atoms. The predicted molar refractivity (Wildman–Crippen MR) is 98.8 cm³/mol. The number of hydrogen-bond donors (Lipinski definition) is 1. The Bertz CT molecular complexity index is 701. The average molecular weight is 340 g/mol. The summed E-state index contributed by atoms with van der Waals surface area (Å²) in [5.74, 6) is 0.156. The van der Waals surface area contributed by atoms with E-state index in [2.05, 4.69) is 46.5 Å². The predicted octanol–water partition coefficient (Wildman–Crippen LogP) is 2.90. The average Bonchev–Trinajstić information content (AvgIpc) is 3.04. The second-order valence-electron chi connectivity index (χ2n) is 7.46. The van der Waals surface area contributed by atoms with E-state index in [1.54, 1.807) is 4.68 Å². The van der Waals surface area contributed by atoms with Crippen LogP contribution in [0.25, 0.3) is 0 Å². The monoisotopic (exact) mass is 340 g/mol. The molecule has 2 aromatic rings. The molecule has 0 radical (unpaired) electrons. The number of nitrogens with one attached hydrogen (secondary N) is 1. The second kappa shape index (κ2) is 7.40. The lowest BCUT2D eigenvalue weighted by molar-refractivity contribution is -0.133. The zero-order valence-electron chi connectivity index (χ0n) is 15.4. The van der Waals surface area contributed by atoms with Crippen molar-refractivity contribution in [2.75, 3.05) is 13.1 Å². The van der Waals surface area contributed by atoms with Crippen LogP contribution in [0, 0.1) is 5.41 Å². The summed E-state index contributed by atoms with van der Waals surface area (Å²) in [7, 11) is 1.89. The smallest absolute Gasteiger partial charge is 0.226 e. The Morgan fingerprint density at radius 2 is 1.96 bits per heavy atom. The number of carbonyl (C=O) groups is 1. The van der Waals surface area contributed by atoms with Crippen LogP contribution in [0.4, 0.5) is 0 Å². The van der Waals surface area contributed by atoms with Gasteiger partial charge < -0.3 is 5.32 Å². The number of carbonyl (C=O) groups excluding carboxylic acids is 1. The minimum absolute atomic E-state index is 0.0135. The first-order valence-electron chi connectivity index (χ1n) is 9.02. The fourth-order valence-corrected chi connectivity index (χ4v) is 3.39. The van der Waals surface area contributed by atoms with Gasteiger partial charge >= 0.3 is 0 Å². The summed E-state index contributed by atoms with van der Waals surface area (Å²) in [5, 5.41) is 7.36. The highest BCUT2D eigenvalue weighted by molar-refractivity contribution is 5.82.